The van der Waals surface area contributed by atoms with E-state index in [4.69, 9.17) is 0 Å². The number of carboxylic acids is 1. The zero-order valence-electron chi connectivity index (χ0n) is 14.9. The van der Waals surface area contributed by atoms with Crippen LogP contribution in [0.1, 0.15) is 38.2 Å². The van der Waals surface area contributed by atoms with Crippen LogP contribution in [0, 0.1) is 16.0 Å². The zero-order chi connectivity index (χ0) is 19.4. The third kappa shape index (κ3) is 3.49. The van der Waals surface area contributed by atoms with E-state index in [1.165, 1.54) is 17.0 Å². The maximum atomic E-state index is 12.0. The molecule has 0 spiro atoms. The molecule has 1 amide bonds. The smallest absolute Gasteiger partial charge is 0.313 e. The van der Waals surface area contributed by atoms with Crippen LogP contribution in [0.5, 0.6) is 0 Å². The first-order chi connectivity index (χ1) is 12.3. The van der Waals surface area contributed by atoms with E-state index in [-0.39, 0.29) is 5.69 Å². The Balaban J connectivity index is 2.70. The van der Waals surface area contributed by atoms with Gasteiger partial charge in [-0.1, -0.05) is 26.0 Å². The molecule has 8 nitrogen and oxygen atoms in total. The fourth-order valence-electron chi connectivity index (χ4n) is 3.31. The number of aliphatic carboxylic acids is 1. The average molecular weight is 359 g/mol. The molecule has 1 aromatic carbocycles. The highest BCUT2D eigenvalue weighted by Gasteiger charge is 2.41. The average Bonchev–Trinajstić information content (AvgIpc) is 2.65. The highest BCUT2D eigenvalue weighted by atomic mass is 16.6. The van der Waals surface area contributed by atoms with E-state index in [1.807, 2.05) is 13.8 Å². The Morgan fingerprint density at radius 3 is 2.35 bits per heavy atom. The van der Waals surface area contributed by atoms with Crippen molar-refractivity contribution >= 4 is 23.8 Å². The van der Waals surface area contributed by atoms with Gasteiger partial charge in [0, 0.05) is 30.8 Å². The van der Waals surface area contributed by atoms with Gasteiger partial charge in [-0.2, -0.15) is 0 Å². The minimum absolute atomic E-state index is 0.0780. The normalized spacial score (nSPS) is 19.7. The van der Waals surface area contributed by atoms with Crippen molar-refractivity contribution in [3.63, 3.8) is 0 Å². The van der Waals surface area contributed by atoms with Gasteiger partial charge in [0.1, 0.15) is 5.92 Å². The van der Waals surface area contributed by atoms with Gasteiger partial charge in [-0.05, 0) is 18.4 Å². The Labute approximate surface area is 151 Å². The fraction of sp³-hybridized carbons (Fsp3) is 0.389. The van der Waals surface area contributed by atoms with E-state index in [1.54, 1.807) is 19.2 Å². The minimum Gasteiger partial charge on any atom is -0.481 e. The van der Waals surface area contributed by atoms with E-state index in [0.29, 0.717) is 41.9 Å². The number of benzene rings is 1. The van der Waals surface area contributed by atoms with E-state index < -0.39 is 22.7 Å². The third-order valence-electron chi connectivity index (χ3n) is 4.53. The Morgan fingerprint density at radius 1 is 1.31 bits per heavy atom. The number of aliphatic imine (C=N–C) groups is 1. The van der Waals surface area contributed by atoms with Gasteiger partial charge >= 0.3 is 5.97 Å². The van der Waals surface area contributed by atoms with Gasteiger partial charge in [0.25, 0.3) is 5.69 Å². The molecule has 138 valence electrons. The number of nitro benzene ring substituents is 1. The molecule has 2 rings (SSSR count). The molecule has 0 bridgehead atoms. The first-order valence-electron chi connectivity index (χ1n) is 8.31. The Kier molecular flexibility index (Phi) is 5.86. The summed E-state index contributed by atoms with van der Waals surface area (Å²) in [5.41, 5.74) is 2.21. The van der Waals surface area contributed by atoms with Crippen molar-refractivity contribution in [1.82, 2.24) is 4.90 Å². The van der Waals surface area contributed by atoms with Crippen LogP contribution in [0.3, 0.4) is 0 Å². The van der Waals surface area contributed by atoms with Gasteiger partial charge in [-0.15, -0.1) is 0 Å². The summed E-state index contributed by atoms with van der Waals surface area (Å²) in [6.07, 6.45) is 1.61. The summed E-state index contributed by atoms with van der Waals surface area (Å²) in [6.45, 7) is 3.72. The number of hydrogen-bond acceptors (Lipinski definition) is 5. The summed E-state index contributed by atoms with van der Waals surface area (Å²) >= 11 is 0. The summed E-state index contributed by atoms with van der Waals surface area (Å²) in [7, 11) is 1.56. The molecule has 0 aliphatic carbocycles. The largest absolute Gasteiger partial charge is 0.481 e. The van der Waals surface area contributed by atoms with Crippen LogP contribution in [0.2, 0.25) is 0 Å². The molecule has 1 aromatic rings. The molecule has 1 aliphatic rings. The lowest BCUT2D eigenvalue weighted by Crippen LogP contribution is -2.38. The third-order valence-corrected chi connectivity index (χ3v) is 4.53. The van der Waals surface area contributed by atoms with Crippen LogP contribution in [0.25, 0.3) is 0 Å². The van der Waals surface area contributed by atoms with Crippen molar-refractivity contribution < 1.29 is 19.6 Å². The summed E-state index contributed by atoms with van der Waals surface area (Å²) in [5.74, 6) is -2.62. The highest BCUT2D eigenvalue weighted by molar-refractivity contribution is 6.04. The Hall–Kier alpha value is -3.03. The van der Waals surface area contributed by atoms with E-state index in [0.717, 1.165) is 0 Å². The SMILES string of the molecule is CCC1=NC(CC)=C(N(C)C=O)C(c2ccc([N+](=O)[O-])cc2)C1C(=O)O. The van der Waals surface area contributed by atoms with Crippen molar-refractivity contribution in [2.45, 2.75) is 32.6 Å². The maximum Gasteiger partial charge on any atom is 0.313 e. The van der Waals surface area contributed by atoms with Gasteiger partial charge < -0.3 is 10.0 Å². The molecular weight excluding hydrogens is 338 g/mol. The number of amides is 1. The maximum absolute atomic E-state index is 12.0. The van der Waals surface area contributed by atoms with Crippen LogP contribution in [0.15, 0.2) is 40.7 Å². The Bertz CT molecular complexity index is 783. The van der Waals surface area contributed by atoms with Gasteiger partial charge in [0.2, 0.25) is 6.41 Å². The number of carboxylic acid groups (broad SMARTS) is 1. The van der Waals surface area contributed by atoms with Crippen LogP contribution < -0.4 is 0 Å². The number of nitrogens with zero attached hydrogens (tertiary/aromatic N) is 3. The van der Waals surface area contributed by atoms with Gasteiger partial charge in [-0.25, -0.2) is 0 Å². The van der Waals surface area contributed by atoms with Crippen molar-refractivity contribution in [2.24, 2.45) is 10.9 Å². The van der Waals surface area contributed by atoms with Gasteiger partial charge in [-0.3, -0.25) is 24.7 Å². The first kappa shape index (κ1) is 19.3. The van der Waals surface area contributed by atoms with Crippen LogP contribution >= 0.6 is 0 Å². The number of allylic oxidation sites excluding steroid dienone is 2. The lowest BCUT2D eigenvalue weighted by Gasteiger charge is -2.35. The van der Waals surface area contributed by atoms with Gasteiger partial charge in [0.15, 0.2) is 0 Å². The lowest BCUT2D eigenvalue weighted by molar-refractivity contribution is -0.384. The molecule has 2 unspecified atom stereocenters. The highest BCUT2D eigenvalue weighted by Crippen LogP contribution is 2.41. The summed E-state index contributed by atoms with van der Waals surface area (Å²) in [5, 5.41) is 20.7. The molecule has 8 heteroatoms. The van der Waals surface area contributed by atoms with Crippen molar-refractivity contribution in [3.05, 3.63) is 51.3 Å². The molecule has 0 saturated carbocycles. The van der Waals surface area contributed by atoms with E-state index >= 15 is 0 Å². The molecule has 1 heterocycles. The predicted octanol–water partition coefficient (Wildman–Crippen LogP) is 2.95. The van der Waals surface area contributed by atoms with E-state index in [2.05, 4.69) is 4.99 Å². The summed E-state index contributed by atoms with van der Waals surface area (Å²) in [4.78, 5) is 39.7. The second-order valence-electron chi connectivity index (χ2n) is 6.00. The van der Waals surface area contributed by atoms with Gasteiger partial charge in [0.05, 0.1) is 16.3 Å². The number of rotatable bonds is 7. The topological polar surface area (TPSA) is 113 Å². The number of carbonyl (C=O) groups is 2. The standard InChI is InChI=1S/C18H21N3O5/c1-4-13-16(18(23)24)15(11-6-8-12(9-7-11)21(25)26)17(20(3)10-22)14(5-2)19-13/h6-10,15-16H,4-5H2,1-3H3,(H,23,24). The van der Waals surface area contributed by atoms with E-state index in [9.17, 15) is 24.8 Å². The molecule has 0 fully saturated rings. The monoisotopic (exact) mass is 359 g/mol. The van der Waals surface area contributed by atoms with Crippen molar-refractivity contribution in [1.29, 1.82) is 0 Å². The summed E-state index contributed by atoms with van der Waals surface area (Å²) in [6, 6.07) is 5.78. The number of likely N-dealkylation sites (N-methyl/N-ethyl adjacent to an activating group) is 1. The van der Waals surface area contributed by atoms with Crippen LogP contribution in [0.4, 0.5) is 5.69 Å². The number of non-ortho nitro benzene ring substituents is 1. The molecule has 0 saturated heterocycles. The summed E-state index contributed by atoms with van der Waals surface area (Å²) < 4.78 is 0. The van der Waals surface area contributed by atoms with Crippen molar-refractivity contribution in [2.75, 3.05) is 7.05 Å². The van der Waals surface area contributed by atoms with Crippen molar-refractivity contribution in [3.8, 4) is 0 Å². The Morgan fingerprint density at radius 2 is 1.92 bits per heavy atom. The minimum atomic E-state index is -1.04. The zero-order valence-corrected chi connectivity index (χ0v) is 14.9. The fourth-order valence-corrected chi connectivity index (χ4v) is 3.31. The molecule has 1 aliphatic heterocycles. The predicted molar refractivity (Wildman–Crippen MR) is 95.8 cm³/mol. The molecular formula is C18H21N3O5. The second kappa shape index (κ2) is 7.90. The number of carbonyl (C=O) groups excluding carboxylic acids is 1. The lowest BCUT2D eigenvalue weighted by atomic mass is 9.76. The molecule has 2 atom stereocenters. The molecule has 1 N–H and O–H groups in total. The number of nitro groups is 1. The quantitative estimate of drug-likeness (QED) is 0.457. The second-order valence-corrected chi connectivity index (χ2v) is 6.00. The first-order valence-corrected chi connectivity index (χ1v) is 8.31. The number of hydrogen-bond donors (Lipinski definition) is 1. The molecule has 26 heavy (non-hydrogen) atoms. The van der Waals surface area contributed by atoms with Crippen LogP contribution in [-0.4, -0.2) is 40.1 Å². The van der Waals surface area contributed by atoms with Crippen LogP contribution in [-0.2, 0) is 9.59 Å². The molecule has 0 aromatic heterocycles. The molecule has 0 radical (unpaired) electrons.